The molecule has 1 rings (SSSR count). The molecule has 0 aromatic heterocycles. The van der Waals surface area contributed by atoms with Crippen molar-refractivity contribution >= 4 is 0 Å². The van der Waals surface area contributed by atoms with Gasteiger partial charge in [0.2, 0.25) is 0 Å². The lowest BCUT2D eigenvalue weighted by molar-refractivity contribution is 0.153. The van der Waals surface area contributed by atoms with Crippen LogP contribution in [0.15, 0.2) is 0 Å². The number of nitrogens with one attached hydrogen (secondary N) is 1. The van der Waals surface area contributed by atoms with Crippen molar-refractivity contribution < 1.29 is 0 Å². The molecule has 0 aliphatic carbocycles. The maximum atomic E-state index is 3.48. The van der Waals surface area contributed by atoms with Gasteiger partial charge < -0.3 is 5.32 Å². The highest BCUT2D eigenvalue weighted by atomic mass is 15.2. The van der Waals surface area contributed by atoms with Gasteiger partial charge in [0.1, 0.15) is 0 Å². The van der Waals surface area contributed by atoms with Gasteiger partial charge in [0.25, 0.3) is 0 Å². The van der Waals surface area contributed by atoms with E-state index in [0.717, 1.165) is 6.04 Å². The molecule has 2 heteroatoms. The molecule has 1 fully saturated rings. The van der Waals surface area contributed by atoms with Gasteiger partial charge in [0.05, 0.1) is 0 Å². The third kappa shape index (κ3) is 9.84. The summed E-state index contributed by atoms with van der Waals surface area (Å²) in [5.41, 5.74) is 0. The molecule has 1 N–H and O–H groups in total. The molecular formula is C20H42N2. The van der Waals surface area contributed by atoms with E-state index in [4.69, 9.17) is 0 Å². The van der Waals surface area contributed by atoms with Crippen molar-refractivity contribution in [2.75, 3.05) is 26.2 Å². The third-order valence-corrected chi connectivity index (χ3v) is 5.18. The quantitative estimate of drug-likeness (QED) is 0.434. The first-order chi connectivity index (χ1) is 10.9. The molecule has 1 heterocycles. The summed E-state index contributed by atoms with van der Waals surface area (Å²) in [5, 5.41) is 3.48. The molecule has 0 aromatic carbocycles. The molecule has 0 bridgehead atoms. The van der Waals surface area contributed by atoms with Gasteiger partial charge >= 0.3 is 0 Å². The van der Waals surface area contributed by atoms with Crippen molar-refractivity contribution in [3.8, 4) is 0 Å². The smallest absolute Gasteiger partial charge is 0.0110 e. The van der Waals surface area contributed by atoms with E-state index in [1.807, 2.05) is 0 Å². The van der Waals surface area contributed by atoms with Gasteiger partial charge in [-0.25, -0.2) is 0 Å². The Morgan fingerprint density at radius 3 is 1.77 bits per heavy atom. The number of hydrogen-bond acceptors (Lipinski definition) is 2. The van der Waals surface area contributed by atoms with Gasteiger partial charge in [-0.15, -0.1) is 0 Å². The SMILES string of the molecule is CCCCCCCCCCCCC(CCC)N1CCNCC1. The van der Waals surface area contributed by atoms with Crippen LogP contribution in [-0.4, -0.2) is 37.1 Å². The Morgan fingerprint density at radius 2 is 1.23 bits per heavy atom. The molecule has 1 aliphatic rings. The molecule has 0 radical (unpaired) electrons. The minimum absolute atomic E-state index is 0.862. The van der Waals surface area contributed by atoms with Gasteiger partial charge in [-0.05, 0) is 12.8 Å². The van der Waals surface area contributed by atoms with Crippen molar-refractivity contribution in [1.82, 2.24) is 10.2 Å². The minimum atomic E-state index is 0.862. The Morgan fingerprint density at radius 1 is 0.682 bits per heavy atom. The van der Waals surface area contributed by atoms with Crippen molar-refractivity contribution in [2.45, 2.75) is 103 Å². The summed E-state index contributed by atoms with van der Waals surface area (Å²) in [5.74, 6) is 0. The lowest BCUT2D eigenvalue weighted by Crippen LogP contribution is -2.48. The normalized spacial score (nSPS) is 17.7. The first-order valence-electron chi connectivity index (χ1n) is 10.3. The Kier molecular flexibility index (Phi) is 13.2. The van der Waals surface area contributed by atoms with Crippen LogP contribution in [0.4, 0.5) is 0 Å². The highest BCUT2D eigenvalue weighted by Gasteiger charge is 2.18. The fourth-order valence-electron chi connectivity index (χ4n) is 3.76. The summed E-state index contributed by atoms with van der Waals surface area (Å²) in [4.78, 5) is 2.74. The third-order valence-electron chi connectivity index (χ3n) is 5.18. The van der Waals surface area contributed by atoms with Gasteiger partial charge in [0.15, 0.2) is 0 Å². The fourth-order valence-corrected chi connectivity index (χ4v) is 3.76. The van der Waals surface area contributed by atoms with Crippen LogP contribution in [0.25, 0.3) is 0 Å². The van der Waals surface area contributed by atoms with E-state index in [1.165, 1.54) is 110 Å². The summed E-state index contributed by atoms with van der Waals surface area (Å²) in [6, 6.07) is 0.862. The number of rotatable bonds is 14. The molecule has 1 saturated heterocycles. The summed E-state index contributed by atoms with van der Waals surface area (Å²) < 4.78 is 0. The molecule has 0 amide bonds. The van der Waals surface area contributed by atoms with Gasteiger partial charge in [-0.1, -0.05) is 84.5 Å². The van der Waals surface area contributed by atoms with E-state index in [1.54, 1.807) is 0 Å². The van der Waals surface area contributed by atoms with Crippen molar-refractivity contribution in [3.05, 3.63) is 0 Å². The van der Waals surface area contributed by atoms with E-state index in [9.17, 15) is 0 Å². The molecular weight excluding hydrogens is 268 g/mol. The predicted molar refractivity (Wildman–Crippen MR) is 99.6 cm³/mol. The number of unbranched alkanes of at least 4 members (excludes halogenated alkanes) is 9. The Balaban J connectivity index is 1.96. The lowest BCUT2D eigenvalue weighted by atomic mass is 10.00. The second kappa shape index (κ2) is 14.5. The average Bonchev–Trinajstić information content (AvgIpc) is 2.56. The molecule has 0 aromatic rings. The topological polar surface area (TPSA) is 15.3 Å². The van der Waals surface area contributed by atoms with E-state index in [2.05, 4.69) is 24.1 Å². The first-order valence-corrected chi connectivity index (χ1v) is 10.3. The summed E-state index contributed by atoms with van der Waals surface area (Å²) in [7, 11) is 0. The van der Waals surface area contributed by atoms with Crippen LogP contribution in [0, 0.1) is 0 Å². The zero-order chi connectivity index (χ0) is 15.9. The zero-order valence-electron chi connectivity index (χ0n) is 15.5. The largest absolute Gasteiger partial charge is 0.314 e. The van der Waals surface area contributed by atoms with Crippen LogP contribution in [-0.2, 0) is 0 Å². The second-order valence-electron chi connectivity index (χ2n) is 7.20. The summed E-state index contributed by atoms with van der Waals surface area (Å²) in [6.07, 6.45) is 18.7. The van der Waals surface area contributed by atoms with Gasteiger partial charge in [0, 0.05) is 32.2 Å². The first kappa shape index (κ1) is 20.0. The van der Waals surface area contributed by atoms with Crippen molar-refractivity contribution in [1.29, 1.82) is 0 Å². The van der Waals surface area contributed by atoms with E-state index >= 15 is 0 Å². The highest BCUT2D eigenvalue weighted by molar-refractivity contribution is 4.76. The molecule has 0 saturated carbocycles. The zero-order valence-corrected chi connectivity index (χ0v) is 15.5. The number of hydrogen-bond donors (Lipinski definition) is 1. The van der Waals surface area contributed by atoms with Gasteiger partial charge in [-0.2, -0.15) is 0 Å². The van der Waals surface area contributed by atoms with Crippen LogP contribution >= 0.6 is 0 Å². The van der Waals surface area contributed by atoms with Crippen molar-refractivity contribution in [3.63, 3.8) is 0 Å². The maximum absolute atomic E-state index is 3.48. The van der Waals surface area contributed by atoms with Crippen molar-refractivity contribution in [2.24, 2.45) is 0 Å². The summed E-state index contributed by atoms with van der Waals surface area (Å²) in [6.45, 7) is 9.56. The lowest BCUT2D eigenvalue weighted by Gasteiger charge is -2.35. The number of piperazine rings is 1. The Hall–Kier alpha value is -0.0800. The Bertz CT molecular complexity index is 224. The van der Waals surface area contributed by atoms with Crippen LogP contribution in [0.2, 0.25) is 0 Å². The van der Waals surface area contributed by atoms with E-state index in [-0.39, 0.29) is 0 Å². The maximum Gasteiger partial charge on any atom is 0.0110 e. The molecule has 0 spiro atoms. The molecule has 22 heavy (non-hydrogen) atoms. The molecule has 132 valence electrons. The molecule has 1 aliphatic heterocycles. The van der Waals surface area contributed by atoms with Crippen LogP contribution in [0.3, 0.4) is 0 Å². The molecule has 2 nitrogen and oxygen atoms in total. The Labute approximate surface area is 140 Å². The standard InChI is InChI=1S/C20H42N2/c1-3-5-6-7-8-9-10-11-12-13-15-20(14-4-2)22-18-16-21-17-19-22/h20-21H,3-19H2,1-2H3. The monoisotopic (exact) mass is 310 g/mol. The van der Waals surface area contributed by atoms with Gasteiger partial charge in [-0.3, -0.25) is 4.90 Å². The highest BCUT2D eigenvalue weighted by Crippen LogP contribution is 2.17. The predicted octanol–water partition coefficient (Wildman–Crippen LogP) is 5.37. The van der Waals surface area contributed by atoms with E-state index in [0.29, 0.717) is 0 Å². The molecule has 1 unspecified atom stereocenters. The van der Waals surface area contributed by atoms with E-state index < -0.39 is 0 Å². The second-order valence-corrected chi connectivity index (χ2v) is 7.20. The van der Waals surface area contributed by atoms with Crippen LogP contribution in [0.1, 0.15) is 97.3 Å². The van der Waals surface area contributed by atoms with Crippen LogP contribution < -0.4 is 5.32 Å². The number of nitrogens with zero attached hydrogens (tertiary/aromatic N) is 1. The molecule has 1 atom stereocenters. The fraction of sp³-hybridized carbons (Fsp3) is 1.00. The minimum Gasteiger partial charge on any atom is -0.314 e. The average molecular weight is 311 g/mol. The van der Waals surface area contributed by atoms with Crippen LogP contribution in [0.5, 0.6) is 0 Å². The summed E-state index contributed by atoms with van der Waals surface area (Å²) >= 11 is 0.